The Hall–Kier alpha value is -4.26. The third-order valence-corrected chi connectivity index (χ3v) is 5.71. The topological polar surface area (TPSA) is 0 Å². The molecule has 0 heteroatoms. The molecule has 0 aliphatic heterocycles. The molecule has 5 aromatic carbocycles. The number of fused-ring (bicyclic) bond motifs is 2. The first-order valence-corrected chi connectivity index (χ1v) is 10.9. The van der Waals surface area contributed by atoms with Crippen LogP contribution in [0.1, 0.15) is 34.7 Å². The van der Waals surface area contributed by atoms with Crippen LogP contribution in [0.2, 0.25) is 0 Å². The monoisotopic (exact) mass is 406 g/mol. The Morgan fingerprint density at radius 2 is 0.938 bits per heavy atom. The van der Waals surface area contributed by atoms with Gasteiger partial charge in [-0.15, -0.1) is 0 Å². The minimum atomic E-state index is 0.985. The number of benzene rings is 5. The Morgan fingerprint density at radius 1 is 0.469 bits per heavy atom. The predicted molar refractivity (Wildman–Crippen MR) is 136 cm³/mol. The van der Waals surface area contributed by atoms with Gasteiger partial charge in [0.2, 0.25) is 0 Å². The van der Waals surface area contributed by atoms with E-state index in [1.807, 2.05) is 48.5 Å². The van der Waals surface area contributed by atoms with E-state index in [2.05, 4.69) is 85.2 Å². The lowest BCUT2D eigenvalue weighted by Crippen LogP contribution is -1.92. The lowest BCUT2D eigenvalue weighted by molar-refractivity contribution is 1.15. The summed E-state index contributed by atoms with van der Waals surface area (Å²) in [5, 5.41) is 4.62. The van der Waals surface area contributed by atoms with Crippen LogP contribution < -0.4 is 0 Å². The lowest BCUT2D eigenvalue weighted by atomic mass is 9.90. The highest BCUT2D eigenvalue weighted by atomic mass is 14.1. The summed E-state index contributed by atoms with van der Waals surface area (Å²) < 4.78 is 0. The largest absolute Gasteiger partial charge is 0.0622 e. The molecule has 0 heterocycles. The Bertz CT molecular complexity index is 1530. The fraction of sp³-hybridized carbons (Fsp3) is 0.0625. The summed E-state index contributed by atoms with van der Waals surface area (Å²) in [5.41, 5.74) is 5.47. The predicted octanol–water partition coefficient (Wildman–Crippen LogP) is 7.36. The molecule has 0 spiro atoms. The zero-order valence-corrected chi connectivity index (χ0v) is 18.0. The van der Waals surface area contributed by atoms with Gasteiger partial charge in [0.05, 0.1) is 0 Å². The van der Waals surface area contributed by atoms with Gasteiger partial charge < -0.3 is 0 Å². The van der Waals surface area contributed by atoms with Crippen molar-refractivity contribution in [3.05, 3.63) is 131 Å². The minimum Gasteiger partial charge on any atom is -0.0622 e. The van der Waals surface area contributed by atoms with Crippen molar-refractivity contribution >= 4 is 21.5 Å². The molecule has 0 saturated carbocycles. The molecule has 0 bridgehead atoms. The molecule has 0 aliphatic carbocycles. The van der Waals surface area contributed by atoms with Crippen LogP contribution in [0.3, 0.4) is 0 Å². The van der Waals surface area contributed by atoms with Gasteiger partial charge in [-0.05, 0) is 63.9 Å². The molecule has 0 fully saturated rings. The highest BCUT2D eigenvalue weighted by Crippen LogP contribution is 2.33. The van der Waals surface area contributed by atoms with Crippen molar-refractivity contribution in [1.82, 2.24) is 0 Å². The summed E-state index contributed by atoms with van der Waals surface area (Å²) in [6.07, 6.45) is 0.985. The van der Waals surface area contributed by atoms with Crippen LogP contribution in [-0.4, -0.2) is 0 Å². The van der Waals surface area contributed by atoms with E-state index >= 15 is 0 Å². The second kappa shape index (κ2) is 8.85. The van der Waals surface area contributed by atoms with Gasteiger partial charge in [-0.2, -0.15) is 0 Å². The molecular weight excluding hydrogens is 384 g/mol. The molecule has 0 unspecified atom stereocenters. The van der Waals surface area contributed by atoms with Crippen LogP contribution in [-0.2, 0) is 6.42 Å². The molecule has 0 aromatic heterocycles. The number of rotatable bonds is 1. The molecule has 0 N–H and O–H groups in total. The average Bonchev–Trinajstić information content (AvgIpc) is 2.87. The molecule has 32 heavy (non-hydrogen) atoms. The van der Waals surface area contributed by atoms with Crippen molar-refractivity contribution in [2.24, 2.45) is 0 Å². The van der Waals surface area contributed by atoms with E-state index in [1.165, 1.54) is 10.9 Å². The fourth-order valence-electron chi connectivity index (χ4n) is 4.03. The zero-order valence-electron chi connectivity index (χ0n) is 18.0. The summed E-state index contributed by atoms with van der Waals surface area (Å²) in [6.45, 7) is 2.19. The van der Waals surface area contributed by atoms with E-state index in [0.717, 1.165) is 44.8 Å². The lowest BCUT2D eigenvalue weighted by Gasteiger charge is -2.12. The third-order valence-electron chi connectivity index (χ3n) is 5.71. The van der Waals surface area contributed by atoms with Gasteiger partial charge in [0.25, 0.3) is 0 Å². The normalized spacial score (nSPS) is 10.3. The number of hydrogen-bond donors (Lipinski definition) is 0. The van der Waals surface area contributed by atoms with Crippen LogP contribution >= 0.6 is 0 Å². The molecule has 0 nitrogen and oxygen atoms in total. The highest BCUT2D eigenvalue weighted by molar-refractivity contribution is 6.10. The molecule has 0 saturated heterocycles. The summed E-state index contributed by atoms with van der Waals surface area (Å²) in [7, 11) is 0. The summed E-state index contributed by atoms with van der Waals surface area (Å²) in [6, 6.07) is 35.5. The Kier molecular flexibility index (Phi) is 5.45. The van der Waals surface area contributed by atoms with Crippen molar-refractivity contribution in [3.8, 4) is 23.7 Å². The van der Waals surface area contributed by atoms with Crippen LogP contribution in [0.15, 0.2) is 103 Å². The van der Waals surface area contributed by atoms with Crippen LogP contribution in [0, 0.1) is 23.7 Å². The van der Waals surface area contributed by atoms with E-state index in [4.69, 9.17) is 0 Å². The fourth-order valence-corrected chi connectivity index (χ4v) is 4.03. The van der Waals surface area contributed by atoms with E-state index in [-0.39, 0.29) is 0 Å². The Labute approximate surface area is 189 Å². The smallest absolute Gasteiger partial charge is 0.0406 e. The highest BCUT2D eigenvalue weighted by Gasteiger charge is 2.12. The van der Waals surface area contributed by atoms with Crippen LogP contribution in [0.25, 0.3) is 21.5 Å². The van der Waals surface area contributed by atoms with Crippen molar-refractivity contribution in [3.63, 3.8) is 0 Å². The summed E-state index contributed by atoms with van der Waals surface area (Å²) in [5.74, 6) is 13.7. The van der Waals surface area contributed by atoms with Gasteiger partial charge in [0, 0.05) is 22.3 Å². The van der Waals surface area contributed by atoms with Crippen molar-refractivity contribution in [2.45, 2.75) is 13.3 Å². The van der Waals surface area contributed by atoms with Gasteiger partial charge in [-0.3, -0.25) is 0 Å². The SMILES string of the molecule is CCc1ccc2c(C#Cc3ccccc3)c3ccccc3c(C#Cc3ccccc3)c2c1. The molecule has 150 valence electrons. The molecule has 0 radical (unpaired) electrons. The first kappa shape index (κ1) is 19.7. The summed E-state index contributed by atoms with van der Waals surface area (Å²) in [4.78, 5) is 0. The van der Waals surface area contributed by atoms with Gasteiger partial charge in [-0.1, -0.05) is 103 Å². The zero-order chi connectivity index (χ0) is 21.8. The maximum atomic E-state index is 3.50. The first-order chi connectivity index (χ1) is 15.8. The van der Waals surface area contributed by atoms with E-state index in [9.17, 15) is 0 Å². The Morgan fingerprint density at radius 3 is 1.47 bits per heavy atom. The average molecular weight is 407 g/mol. The van der Waals surface area contributed by atoms with Crippen molar-refractivity contribution < 1.29 is 0 Å². The van der Waals surface area contributed by atoms with E-state index < -0.39 is 0 Å². The maximum Gasteiger partial charge on any atom is 0.0406 e. The Balaban J connectivity index is 1.83. The van der Waals surface area contributed by atoms with Gasteiger partial charge in [-0.25, -0.2) is 0 Å². The quantitative estimate of drug-likeness (QED) is 0.202. The molecule has 5 rings (SSSR count). The molecule has 5 aromatic rings. The second-order valence-corrected chi connectivity index (χ2v) is 7.76. The van der Waals surface area contributed by atoms with Crippen molar-refractivity contribution in [2.75, 3.05) is 0 Å². The van der Waals surface area contributed by atoms with E-state index in [1.54, 1.807) is 0 Å². The second-order valence-electron chi connectivity index (χ2n) is 7.76. The minimum absolute atomic E-state index is 0.985. The summed E-state index contributed by atoms with van der Waals surface area (Å²) >= 11 is 0. The standard InChI is InChI=1S/C32H22/c1-2-24-17-20-31-29(21-18-25-11-5-3-6-12-25)27-15-9-10-16-28(27)30(32(31)23-24)22-19-26-13-7-4-8-14-26/h3-17,20,23H,2H2,1H3. The molecular formula is C32H22. The van der Waals surface area contributed by atoms with Crippen LogP contribution in [0.5, 0.6) is 0 Å². The number of aryl methyl sites for hydroxylation is 1. The van der Waals surface area contributed by atoms with E-state index in [0.29, 0.717) is 0 Å². The number of hydrogen-bond acceptors (Lipinski definition) is 0. The first-order valence-electron chi connectivity index (χ1n) is 10.9. The van der Waals surface area contributed by atoms with Crippen LogP contribution in [0.4, 0.5) is 0 Å². The molecule has 0 amide bonds. The van der Waals surface area contributed by atoms with Crippen molar-refractivity contribution in [1.29, 1.82) is 0 Å². The third kappa shape index (κ3) is 3.88. The maximum absolute atomic E-state index is 3.50. The van der Waals surface area contributed by atoms with Gasteiger partial charge >= 0.3 is 0 Å². The molecule has 0 atom stereocenters. The molecule has 0 aliphatic rings. The van der Waals surface area contributed by atoms with Gasteiger partial charge in [0.15, 0.2) is 0 Å². The van der Waals surface area contributed by atoms with Gasteiger partial charge in [0.1, 0.15) is 0 Å².